The van der Waals surface area contributed by atoms with E-state index in [0.717, 1.165) is 49.7 Å². The van der Waals surface area contributed by atoms with Crippen molar-refractivity contribution in [1.82, 2.24) is 9.97 Å². The lowest BCUT2D eigenvalue weighted by molar-refractivity contribution is 0.0705. The van der Waals surface area contributed by atoms with E-state index in [9.17, 15) is 0 Å². The first-order valence-corrected chi connectivity index (χ1v) is 7.15. The smallest absolute Gasteiger partial charge is 0.134 e. The summed E-state index contributed by atoms with van der Waals surface area (Å²) in [6.07, 6.45) is 3.60. The van der Waals surface area contributed by atoms with Gasteiger partial charge >= 0.3 is 0 Å². The van der Waals surface area contributed by atoms with Gasteiger partial charge in [0.15, 0.2) is 0 Å². The molecule has 1 rings (SSSR count). The van der Waals surface area contributed by atoms with Crippen LogP contribution in [0.25, 0.3) is 0 Å². The van der Waals surface area contributed by atoms with E-state index < -0.39 is 0 Å². The molecule has 0 saturated carbocycles. The maximum absolute atomic E-state index is 5.41. The molecule has 1 heterocycles. The number of aromatic nitrogens is 2. The van der Waals surface area contributed by atoms with Gasteiger partial charge in [-0.3, -0.25) is 0 Å². The lowest BCUT2D eigenvalue weighted by atomic mass is 10.3. The average molecular weight is 282 g/mol. The van der Waals surface area contributed by atoms with Crippen molar-refractivity contribution in [2.24, 2.45) is 0 Å². The fraction of sp³-hybridized carbons (Fsp3) is 0.714. The molecule has 1 aromatic rings. The zero-order valence-electron chi connectivity index (χ0n) is 12.7. The Kier molecular flexibility index (Phi) is 8.66. The Hall–Kier alpha value is -1.40. The van der Waals surface area contributed by atoms with E-state index in [2.05, 4.69) is 27.5 Å². The average Bonchev–Trinajstić information content (AvgIpc) is 2.46. The minimum absolute atomic E-state index is 0.644. The molecule has 0 saturated heterocycles. The summed E-state index contributed by atoms with van der Waals surface area (Å²) in [5, 5.41) is 6.62. The molecule has 0 bridgehead atoms. The Morgan fingerprint density at radius 1 is 1.05 bits per heavy atom. The van der Waals surface area contributed by atoms with Gasteiger partial charge in [-0.15, -0.1) is 0 Å². The van der Waals surface area contributed by atoms with Crippen LogP contribution in [0.4, 0.5) is 11.6 Å². The Morgan fingerprint density at radius 3 is 2.40 bits per heavy atom. The zero-order chi connectivity index (χ0) is 14.6. The van der Waals surface area contributed by atoms with Gasteiger partial charge in [0.05, 0.1) is 13.2 Å². The van der Waals surface area contributed by atoms with Crippen LogP contribution in [0.15, 0.2) is 6.33 Å². The molecule has 0 atom stereocenters. The molecule has 0 aromatic carbocycles. The van der Waals surface area contributed by atoms with Crippen molar-refractivity contribution >= 4 is 11.6 Å². The summed E-state index contributed by atoms with van der Waals surface area (Å²) in [5.74, 6) is 1.79. The summed E-state index contributed by atoms with van der Waals surface area (Å²) in [6, 6.07) is 0. The summed E-state index contributed by atoms with van der Waals surface area (Å²) in [6.45, 7) is 7.92. The van der Waals surface area contributed by atoms with Crippen molar-refractivity contribution in [3.63, 3.8) is 0 Å². The van der Waals surface area contributed by atoms with Gasteiger partial charge in [-0.25, -0.2) is 9.97 Å². The van der Waals surface area contributed by atoms with E-state index in [4.69, 9.17) is 9.47 Å². The predicted octanol–water partition coefficient (Wildman–Crippen LogP) is 2.07. The highest BCUT2D eigenvalue weighted by Crippen LogP contribution is 2.17. The normalized spacial score (nSPS) is 10.6. The van der Waals surface area contributed by atoms with E-state index >= 15 is 0 Å². The van der Waals surface area contributed by atoms with Crippen LogP contribution < -0.4 is 10.6 Å². The van der Waals surface area contributed by atoms with Gasteiger partial charge in [0.25, 0.3) is 0 Å². The predicted molar refractivity (Wildman–Crippen MR) is 81.4 cm³/mol. The number of nitrogens with one attached hydrogen (secondary N) is 2. The fourth-order valence-electron chi connectivity index (χ4n) is 1.68. The molecule has 0 aliphatic rings. The van der Waals surface area contributed by atoms with Crippen LogP contribution in [-0.4, -0.2) is 50.0 Å². The van der Waals surface area contributed by atoms with Crippen LogP contribution in [0.5, 0.6) is 0 Å². The highest BCUT2D eigenvalue weighted by molar-refractivity contribution is 5.56. The molecular formula is C14H26N4O2. The first-order chi connectivity index (χ1) is 9.79. The number of rotatable bonds is 11. The number of hydrogen-bond donors (Lipinski definition) is 2. The molecule has 0 amide bonds. The van der Waals surface area contributed by atoms with E-state index in [1.54, 1.807) is 13.4 Å². The molecule has 6 heteroatoms. The largest absolute Gasteiger partial charge is 0.382 e. The molecule has 0 radical (unpaired) electrons. The van der Waals surface area contributed by atoms with Crippen LogP contribution in [0.3, 0.4) is 0 Å². The van der Waals surface area contributed by atoms with E-state index in [1.165, 1.54) is 0 Å². The Morgan fingerprint density at radius 2 is 1.75 bits per heavy atom. The van der Waals surface area contributed by atoms with E-state index in [1.807, 2.05) is 6.92 Å². The second-order valence-corrected chi connectivity index (χ2v) is 4.51. The number of ether oxygens (including phenoxy) is 2. The van der Waals surface area contributed by atoms with E-state index in [-0.39, 0.29) is 0 Å². The van der Waals surface area contributed by atoms with Gasteiger partial charge in [-0.05, 0) is 19.8 Å². The topological polar surface area (TPSA) is 68.3 Å². The number of methoxy groups -OCH3 is 1. The highest BCUT2D eigenvalue weighted by Gasteiger charge is 2.05. The number of hydrogen-bond acceptors (Lipinski definition) is 6. The molecule has 1 aromatic heterocycles. The van der Waals surface area contributed by atoms with Crippen molar-refractivity contribution in [1.29, 1.82) is 0 Å². The number of anilines is 2. The second kappa shape index (κ2) is 10.4. The van der Waals surface area contributed by atoms with Gasteiger partial charge in [-0.2, -0.15) is 0 Å². The molecule has 6 nitrogen and oxygen atoms in total. The molecule has 0 spiro atoms. The fourth-order valence-corrected chi connectivity index (χ4v) is 1.68. The molecule has 0 fully saturated rings. The Labute approximate surface area is 121 Å². The van der Waals surface area contributed by atoms with Gasteiger partial charge < -0.3 is 20.1 Å². The molecule has 114 valence electrons. The SMILES string of the molecule is CCCNc1ncnc(NCCCOCCOC)c1C. The van der Waals surface area contributed by atoms with Crippen LogP contribution in [0.2, 0.25) is 0 Å². The first-order valence-electron chi connectivity index (χ1n) is 7.15. The zero-order valence-corrected chi connectivity index (χ0v) is 12.7. The summed E-state index contributed by atoms with van der Waals surface area (Å²) in [7, 11) is 1.67. The summed E-state index contributed by atoms with van der Waals surface area (Å²) >= 11 is 0. The highest BCUT2D eigenvalue weighted by atomic mass is 16.5. The number of nitrogens with zero attached hydrogens (tertiary/aromatic N) is 2. The van der Waals surface area contributed by atoms with Gasteiger partial charge in [0.1, 0.15) is 18.0 Å². The lowest BCUT2D eigenvalue weighted by Crippen LogP contribution is -2.11. The van der Waals surface area contributed by atoms with Gasteiger partial charge in [0.2, 0.25) is 0 Å². The minimum atomic E-state index is 0.644. The third-order valence-corrected chi connectivity index (χ3v) is 2.82. The molecular weight excluding hydrogens is 256 g/mol. The van der Waals surface area contributed by atoms with Gasteiger partial charge in [0, 0.05) is 32.4 Å². The molecule has 2 N–H and O–H groups in total. The van der Waals surface area contributed by atoms with Crippen molar-refractivity contribution in [3.05, 3.63) is 11.9 Å². The lowest BCUT2D eigenvalue weighted by Gasteiger charge is -2.12. The molecule has 20 heavy (non-hydrogen) atoms. The standard InChI is InChI=1S/C14H26N4O2/c1-4-6-15-13-12(2)14(18-11-17-13)16-7-5-8-20-10-9-19-3/h11H,4-10H2,1-3H3,(H2,15,16,17,18). The first kappa shape index (κ1) is 16.7. The third-order valence-electron chi connectivity index (χ3n) is 2.82. The maximum atomic E-state index is 5.41. The monoisotopic (exact) mass is 282 g/mol. The van der Waals surface area contributed by atoms with Crippen molar-refractivity contribution in [2.45, 2.75) is 26.7 Å². The quantitative estimate of drug-likeness (QED) is 0.606. The van der Waals surface area contributed by atoms with Crippen molar-refractivity contribution in [2.75, 3.05) is 50.7 Å². The van der Waals surface area contributed by atoms with Crippen LogP contribution in [0.1, 0.15) is 25.3 Å². The third kappa shape index (κ3) is 6.16. The summed E-state index contributed by atoms with van der Waals surface area (Å²) < 4.78 is 10.3. The maximum Gasteiger partial charge on any atom is 0.134 e. The second-order valence-electron chi connectivity index (χ2n) is 4.51. The Bertz CT molecular complexity index is 374. The van der Waals surface area contributed by atoms with Crippen LogP contribution >= 0.6 is 0 Å². The van der Waals surface area contributed by atoms with Crippen LogP contribution in [0, 0.1) is 6.92 Å². The summed E-state index contributed by atoms with van der Waals surface area (Å²) in [4.78, 5) is 8.52. The van der Waals surface area contributed by atoms with Crippen molar-refractivity contribution in [3.8, 4) is 0 Å². The van der Waals surface area contributed by atoms with Crippen LogP contribution in [-0.2, 0) is 9.47 Å². The molecule has 0 aliphatic heterocycles. The Balaban J connectivity index is 2.29. The summed E-state index contributed by atoms with van der Waals surface area (Å²) in [5.41, 5.74) is 1.06. The van der Waals surface area contributed by atoms with Gasteiger partial charge in [-0.1, -0.05) is 6.92 Å². The molecule has 0 aliphatic carbocycles. The molecule has 0 unspecified atom stereocenters. The van der Waals surface area contributed by atoms with E-state index in [0.29, 0.717) is 13.2 Å². The minimum Gasteiger partial charge on any atom is -0.382 e. The van der Waals surface area contributed by atoms with Crippen molar-refractivity contribution < 1.29 is 9.47 Å².